The van der Waals surface area contributed by atoms with Crippen LogP contribution in [0.1, 0.15) is 44.6 Å². The molecule has 0 heterocycles. The molecule has 1 aromatic carbocycles. The molecule has 1 aliphatic rings. The van der Waals surface area contributed by atoms with Crippen LogP contribution in [0.15, 0.2) is 23.3 Å². The normalized spacial score (nSPS) is 15.7. The Hall–Kier alpha value is -2.10. The van der Waals surface area contributed by atoms with E-state index in [4.69, 9.17) is 12.2 Å². The van der Waals surface area contributed by atoms with Gasteiger partial charge in [0.2, 0.25) is 0 Å². The Labute approximate surface area is 160 Å². The minimum atomic E-state index is -3.12. The average molecular weight is 407 g/mol. The van der Waals surface area contributed by atoms with Crippen molar-refractivity contribution in [3.63, 3.8) is 0 Å². The molecule has 0 spiro atoms. The van der Waals surface area contributed by atoms with Gasteiger partial charge in [0.1, 0.15) is 11.5 Å². The van der Waals surface area contributed by atoms with E-state index in [0.29, 0.717) is 10.8 Å². The maximum absolute atomic E-state index is 12.6. The topological polar surface area (TPSA) is 54.9 Å². The fraction of sp³-hybridized carbons (Fsp3) is 0.529. The predicted molar refractivity (Wildman–Crippen MR) is 97.7 cm³/mol. The molecule has 0 aliphatic heterocycles. The van der Waals surface area contributed by atoms with Crippen LogP contribution in [0.2, 0.25) is 0 Å². The molecule has 5 nitrogen and oxygen atoms in total. The molecule has 10 heteroatoms. The number of alkyl halides is 4. The van der Waals surface area contributed by atoms with E-state index in [1.165, 1.54) is 18.6 Å². The highest BCUT2D eigenvalue weighted by Crippen LogP contribution is 2.28. The number of ether oxygens (including phenoxy) is 2. The summed E-state index contributed by atoms with van der Waals surface area (Å²) in [5.74, 6) is -0.614. The van der Waals surface area contributed by atoms with Crippen LogP contribution in [0.25, 0.3) is 0 Å². The van der Waals surface area contributed by atoms with Crippen LogP contribution in [0.3, 0.4) is 0 Å². The van der Waals surface area contributed by atoms with Crippen LogP contribution < -0.4 is 20.2 Å². The number of thiocarbonyl (C=S) groups is 1. The van der Waals surface area contributed by atoms with E-state index in [1.54, 1.807) is 6.92 Å². The number of nitrogens with zero attached hydrogens (tertiary/aromatic N) is 1. The molecule has 0 atom stereocenters. The van der Waals surface area contributed by atoms with Crippen LogP contribution in [-0.2, 0) is 0 Å². The third-order valence-electron chi connectivity index (χ3n) is 4.05. The van der Waals surface area contributed by atoms with Gasteiger partial charge in [0.25, 0.3) is 0 Å². The molecule has 150 valence electrons. The molecule has 27 heavy (non-hydrogen) atoms. The Kier molecular flexibility index (Phi) is 8.08. The van der Waals surface area contributed by atoms with Crippen LogP contribution >= 0.6 is 12.2 Å². The van der Waals surface area contributed by atoms with Gasteiger partial charge in [-0.1, -0.05) is 19.3 Å². The molecule has 2 N–H and O–H groups in total. The Morgan fingerprint density at radius 2 is 1.78 bits per heavy atom. The maximum Gasteiger partial charge on any atom is 0.387 e. The second-order valence-electron chi connectivity index (χ2n) is 6.03. The van der Waals surface area contributed by atoms with Crippen molar-refractivity contribution in [1.82, 2.24) is 10.7 Å². The highest BCUT2D eigenvalue weighted by molar-refractivity contribution is 7.80. The summed E-state index contributed by atoms with van der Waals surface area (Å²) in [5.41, 5.74) is 3.16. The number of halogens is 4. The first kappa shape index (κ1) is 21.2. The molecule has 2 rings (SSSR count). The van der Waals surface area contributed by atoms with Gasteiger partial charge in [-0.3, -0.25) is 5.43 Å². The fourth-order valence-electron chi connectivity index (χ4n) is 2.83. The second kappa shape index (κ2) is 10.3. The van der Waals surface area contributed by atoms with Gasteiger partial charge in [-0.05, 0) is 44.1 Å². The van der Waals surface area contributed by atoms with Gasteiger partial charge >= 0.3 is 13.2 Å². The number of benzene rings is 1. The van der Waals surface area contributed by atoms with Gasteiger partial charge in [-0.2, -0.15) is 22.7 Å². The molecule has 0 unspecified atom stereocenters. The van der Waals surface area contributed by atoms with Crippen LogP contribution in [-0.4, -0.2) is 30.1 Å². The quantitative estimate of drug-likeness (QED) is 0.304. The number of hydrogen-bond acceptors (Lipinski definition) is 4. The van der Waals surface area contributed by atoms with Crippen molar-refractivity contribution in [3.8, 4) is 11.5 Å². The van der Waals surface area contributed by atoms with E-state index in [1.807, 2.05) is 0 Å². The summed E-state index contributed by atoms with van der Waals surface area (Å²) >= 11 is 5.19. The van der Waals surface area contributed by atoms with E-state index in [2.05, 4.69) is 25.3 Å². The number of hydrogen-bond donors (Lipinski definition) is 2. The number of rotatable bonds is 7. The van der Waals surface area contributed by atoms with Gasteiger partial charge in [0.15, 0.2) is 5.11 Å². The van der Waals surface area contributed by atoms with Crippen molar-refractivity contribution >= 4 is 23.0 Å². The first-order chi connectivity index (χ1) is 12.8. The molecule has 1 fully saturated rings. The highest BCUT2D eigenvalue weighted by atomic mass is 32.1. The summed E-state index contributed by atoms with van der Waals surface area (Å²) in [7, 11) is 0. The van der Waals surface area contributed by atoms with Gasteiger partial charge in [0, 0.05) is 17.7 Å². The summed E-state index contributed by atoms with van der Waals surface area (Å²) in [5, 5.41) is 7.56. The average Bonchev–Trinajstić information content (AvgIpc) is 2.60. The fourth-order valence-corrected chi connectivity index (χ4v) is 3.04. The Morgan fingerprint density at radius 3 is 2.41 bits per heavy atom. The lowest BCUT2D eigenvalue weighted by Gasteiger charge is -2.23. The monoisotopic (exact) mass is 407 g/mol. The lowest BCUT2D eigenvalue weighted by Crippen LogP contribution is -2.41. The Morgan fingerprint density at radius 1 is 1.11 bits per heavy atom. The largest absolute Gasteiger partial charge is 0.435 e. The van der Waals surface area contributed by atoms with Crippen LogP contribution in [0.5, 0.6) is 11.5 Å². The van der Waals surface area contributed by atoms with Gasteiger partial charge in [-0.15, -0.1) is 0 Å². The lowest BCUT2D eigenvalue weighted by molar-refractivity contribution is -0.0543. The zero-order valence-corrected chi connectivity index (χ0v) is 15.5. The second-order valence-corrected chi connectivity index (χ2v) is 6.44. The van der Waals surface area contributed by atoms with Crippen molar-refractivity contribution in [2.45, 2.75) is 58.3 Å². The third kappa shape index (κ3) is 7.20. The van der Waals surface area contributed by atoms with E-state index in [-0.39, 0.29) is 23.1 Å². The summed E-state index contributed by atoms with van der Waals surface area (Å²) in [6, 6.07) is 3.79. The van der Waals surface area contributed by atoms with E-state index < -0.39 is 13.2 Å². The predicted octanol–water partition coefficient (Wildman–Crippen LogP) is 4.41. The molecule has 1 aromatic rings. The van der Waals surface area contributed by atoms with Crippen molar-refractivity contribution < 1.29 is 27.0 Å². The maximum atomic E-state index is 12.6. The van der Waals surface area contributed by atoms with E-state index in [0.717, 1.165) is 31.7 Å². The molecule has 0 bridgehead atoms. The molecule has 0 saturated heterocycles. The van der Waals surface area contributed by atoms with Gasteiger partial charge in [-0.25, -0.2) is 0 Å². The zero-order chi connectivity index (χ0) is 19.8. The molecule has 1 saturated carbocycles. The minimum absolute atomic E-state index is 0.199. The first-order valence-corrected chi connectivity index (χ1v) is 8.91. The van der Waals surface area contributed by atoms with E-state index >= 15 is 0 Å². The molecule has 0 amide bonds. The van der Waals surface area contributed by atoms with Crippen LogP contribution in [0.4, 0.5) is 17.6 Å². The number of nitrogens with one attached hydrogen (secondary N) is 2. The third-order valence-corrected chi connectivity index (χ3v) is 4.26. The van der Waals surface area contributed by atoms with Crippen molar-refractivity contribution in [2.24, 2.45) is 5.10 Å². The smallest absolute Gasteiger partial charge is 0.387 e. The van der Waals surface area contributed by atoms with Crippen molar-refractivity contribution in [1.29, 1.82) is 0 Å². The molecular formula is C17H21F4N3O2S. The molecule has 0 radical (unpaired) electrons. The number of hydrazone groups is 1. The SMILES string of the molecule is C/C(=N/NC(=S)NC1CCCCC1)c1ccc(OC(F)F)cc1OC(F)F. The highest BCUT2D eigenvalue weighted by Gasteiger charge is 2.16. The van der Waals surface area contributed by atoms with Gasteiger partial charge in [0.05, 0.1) is 5.71 Å². The Bertz CT molecular complexity index is 668. The van der Waals surface area contributed by atoms with Gasteiger partial charge < -0.3 is 14.8 Å². The van der Waals surface area contributed by atoms with Crippen molar-refractivity contribution in [3.05, 3.63) is 23.8 Å². The molecule has 1 aliphatic carbocycles. The first-order valence-electron chi connectivity index (χ1n) is 8.50. The standard InChI is InChI=1S/C17H21F4N3O2S/c1-10(23-24-17(27)22-11-5-3-2-4-6-11)13-8-7-12(25-15(18)19)9-14(13)26-16(20)21/h7-9,11,15-16H,2-6H2,1H3,(H2,22,24,27)/b23-10-. The van der Waals surface area contributed by atoms with Crippen molar-refractivity contribution in [2.75, 3.05) is 0 Å². The van der Waals surface area contributed by atoms with Crippen LogP contribution in [0, 0.1) is 0 Å². The van der Waals surface area contributed by atoms with E-state index in [9.17, 15) is 17.6 Å². The summed E-state index contributed by atoms with van der Waals surface area (Å²) < 4.78 is 58.5. The zero-order valence-electron chi connectivity index (χ0n) is 14.7. The summed E-state index contributed by atoms with van der Waals surface area (Å²) in [4.78, 5) is 0. The summed E-state index contributed by atoms with van der Waals surface area (Å²) in [6.07, 6.45) is 5.56. The Balaban J connectivity index is 2.06. The molecular weight excluding hydrogens is 386 g/mol. The lowest BCUT2D eigenvalue weighted by atomic mass is 9.96. The summed E-state index contributed by atoms with van der Waals surface area (Å²) in [6.45, 7) is -4.65. The molecule has 0 aromatic heterocycles. The minimum Gasteiger partial charge on any atom is -0.435 e.